The first-order valence-electron chi connectivity index (χ1n) is 7.49. The first kappa shape index (κ1) is 23.4. The van der Waals surface area contributed by atoms with Gasteiger partial charge in [0.2, 0.25) is 11.8 Å². The number of nitrogens with zero attached hydrogens (tertiary/aromatic N) is 1. The van der Waals surface area contributed by atoms with E-state index in [1.54, 1.807) is 0 Å². The van der Waals surface area contributed by atoms with Crippen molar-refractivity contribution in [2.75, 3.05) is 12.4 Å². The second kappa shape index (κ2) is 10.1. The molecular formula is C14H16N3NaO8S. The molecule has 0 aliphatic carbocycles. The van der Waals surface area contributed by atoms with Gasteiger partial charge in [0.15, 0.2) is 0 Å². The fourth-order valence-corrected chi connectivity index (χ4v) is 2.80. The maximum absolute atomic E-state index is 12.3. The number of rotatable bonds is 7. The van der Waals surface area contributed by atoms with E-state index in [1.807, 2.05) is 0 Å². The summed E-state index contributed by atoms with van der Waals surface area (Å²) in [6.45, 7) is 1.03. The van der Waals surface area contributed by atoms with Crippen LogP contribution in [0.5, 0.6) is 0 Å². The number of amides is 3. The van der Waals surface area contributed by atoms with Gasteiger partial charge in [-0.05, 0) is 5.41 Å². The maximum atomic E-state index is 12.3. The fraction of sp³-hybridized carbons (Fsp3) is 0.500. The molecule has 2 heterocycles. The summed E-state index contributed by atoms with van der Waals surface area (Å²) in [5, 5.41) is 18.1. The van der Waals surface area contributed by atoms with E-state index in [4.69, 9.17) is 9.57 Å². The van der Waals surface area contributed by atoms with E-state index in [0.29, 0.717) is 5.06 Å². The van der Waals surface area contributed by atoms with Gasteiger partial charge in [0.1, 0.15) is 18.6 Å². The Morgan fingerprint density at radius 3 is 2.67 bits per heavy atom. The van der Waals surface area contributed by atoms with Crippen molar-refractivity contribution in [2.24, 2.45) is 0 Å². The Morgan fingerprint density at radius 2 is 2.11 bits per heavy atom. The van der Waals surface area contributed by atoms with E-state index in [2.05, 4.69) is 10.6 Å². The molecule has 2 atom stereocenters. The SMILES string of the molecule is CC(=O)N/C=C/SCC(=O)N[C@H]1CON(C2(C(=O)[O-])CCC(=O)O2)C1=O.[Na+]. The van der Waals surface area contributed by atoms with Gasteiger partial charge >= 0.3 is 35.5 Å². The molecule has 2 aliphatic heterocycles. The van der Waals surface area contributed by atoms with Gasteiger partial charge in [0.05, 0.1) is 12.2 Å². The molecule has 0 aromatic heterocycles. The third-order valence-electron chi connectivity index (χ3n) is 3.47. The zero-order chi connectivity index (χ0) is 19.3. The summed E-state index contributed by atoms with van der Waals surface area (Å²) < 4.78 is 4.75. The molecule has 0 spiro atoms. The van der Waals surface area contributed by atoms with Crippen molar-refractivity contribution in [1.82, 2.24) is 15.7 Å². The third-order valence-corrected chi connectivity index (χ3v) is 4.22. The number of ether oxygens (including phenoxy) is 1. The predicted molar refractivity (Wildman–Crippen MR) is 83.2 cm³/mol. The number of hydrogen-bond donors (Lipinski definition) is 2. The van der Waals surface area contributed by atoms with Gasteiger partial charge in [-0.2, -0.15) is 5.06 Å². The van der Waals surface area contributed by atoms with Crippen molar-refractivity contribution in [3.63, 3.8) is 0 Å². The van der Waals surface area contributed by atoms with Crippen molar-refractivity contribution < 1.29 is 68.2 Å². The Labute approximate surface area is 180 Å². The maximum Gasteiger partial charge on any atom is 1.00 e. The Bertz CT molecular complexity index is 673. The number of hydroxylamine groups is 2. The number of aliphatic carboxylic acids is 1. The Kier molecular flexibility index (Phi) is 8.75. The monoisotopic (exact) mass is 409 g/mol. The second-order valence-electron chi connectivity index (χ2n) is 5.41. The molecule has 2 saturated heterocycles. The number of carboxylic acids is 1. The summed E-state index contributed by atoms with van der Waals surface area (Å²) in [6, 6.07) is -1.11. The number of nitrogens with one attached hydrogen (secondary N) is 2. The number of hydrogen-bond acceptors (Lipinski definition) is 9. The first-order chi connectivity index (χ1) is 12.3. The quantitative estimate of drug-likeness (QED) is 0.309. The Morgan fingerprint density at radius 1 is 1.41 bits per heavy atom. The van der Waals surface area contributed by atoms with Crippen molar-refractivity contribution in [1.29, 1.82) is 0 Å². The molecule has 11 nitrogen and oxygen atoms in total. The summed E-state index contributed by atoms with van der Waals surface area (Å²) in [7, 11) is 0. The Balaban J connectivity index is 0.00000364. The Hall–Kier alpha value is -1.60. The van der Waals surface area contributed by atoms with E-state index >= 15 is 0 Å². The van der Waals surface area contributed by atoms with Gasteiger partial charge < -0.3 is 25.3 Å². The topological polar surface area (TPSA) is 154 Å². The van der Waals surface area contributed by atoms with Crippen LogP contribution in [-0.2, 0) is 33.5 Å². The molecule has 2 fully saturated rings. The molecule has 2 rings (SSSR count). The average molecular weight is 409 g/mol. The van der Waals surface area contributed by atoms with Crippen LogP contribution in [-0.4, -0.2) is 58.8 Å². The molecule has 0 saturated carbocycles. The molecule has 2 aliphatic rings. The second-order valence-corrected chi connectivity index (χ2v) is 6.30. The van der Waals surface area contributed by atoms with Crippen molar-refractivity contribution in [3.8, 4) is 0 Å². The van der Waals surface area contributed by atoms with Crippen LogP contribution in [0.1, 0.15) is 19.8 Å². The van der Waals surface area contributed by atoms with Crippen LogP contribution in [0.2, 0.25) is 0 Å². The van der Waals surface area contributed by atoms with Crippen LogP contribution >= 0.6 is 11.8 Å². The molecule has 3 amide bonds. The number of carboxylic acid groups (broad SMARTS) is 1. The predicted octanol–water partition coefficient (Wildman–Crippen LogP) is -5.63. The van der Waals surface area contributed by atoms with Gasteiger partial charge in [-0.25, -0.2) is 0 Å². The number of thioether (sulfide) groups is 1. The van der Waals surface area contributed by atoms with Crippen LogP contribution in [0, 0.1) is 0 Å². The zero-order valence-corrected chi connectivity index (χ0v) is 17.5. The zero-order valence-electron chi connectivity index (χ0n) is 14.7. The van der Waals surface area contributed by atoms with Crippen molar-refractivity contribution in [3.05, 3.63) is 11.6 Å². The average Bonchev–Trinajstić information content (AvgIpc) is 3.11. The van der Waals surface area contributed by atoms with E-state index in [-0.39, 0.29) is 60.7 Å². The molecule has 0 radical (unpaired) electrons. The van der Waals surface area contributed by atoms with E-state index < -0.39 is 35.5 Å². The summed E-state index contributed by atoms with van der Waals surface area (Å²) in [6.07, 6.45) is 0.865. The number of carbonyl (C=O) groups excluding carboxylic acids is 5. The molecule has 0 aromatic carbocycles. The first-order valence-corrected chi connectivity index (χ1v) is 8.54. The van der Waals surface area contributed by atoms with Crippen LogP contribution in [0.3, 0.4) is 0 Å². The fourth-order valence-electron chi connectivity index (χ4n) is 2.30. The minimum absolute atomic E-state index is 0. The molecule has 0 aromatic rings. The normalized spacial score (nSPS) is 24.5. The molecular weight excluding hydrogens is 393 g/mol. The number of carbonyl (C=O) groups is 5. The van der Waals surface area contributed by atoms with Crippen molar-refractivity contribution >= 4 is 41.4 Å². The van der Waals surface area contributed by atoms with Gasteiger partial charge in [0, 0.05) is 19.5 Å². The largest absolute Gasteiger partial charge is 1.00 e. The van der Waals surface area contributed by atoms with Gasteiger partial charge in [-0.3, -0.25) is 24.0 Å². The van der Waals surface area contributed by atoms with Crippen molar-refractivity contribution in [2.45, 2.75) is 31.5 Å². The number of esters is 1. The summed E-state index contributed by atoms with van der Waals surface area (Å²) >= 11 is 1.07. The molecule has 0 bridgehead atoms. The molecule has 1 unspecified atom stereocenters. The van der Waals surface area contributed by atoms with Gasteiger partial charge in [-0.1, -0.05) is 0 Å². The van der Waals surface area contributed by atoms with Crippen LogP contribution < -0.4 is 45.3 Å². The minimum Gasteiger partial charge on any atom is -0.544 e. The summed E-state index contributed by atoms with van der Waals surface area (Å²) in [5.74, 6) is -4.22. The number of cyclic esters (lactones) is 1. The summed E-state index contributed by atoms with van der Waals surface area (Å²) in [5.41, 5.74) is -2.32. The standard InChI is InChI=1S/C14H17N3O8S.Na/c1-8(18)15-4-5-26-7-10(19)16-9-6-24-17(12(9)21)14(13(22)23)3-2-11(20)25-14;/h4-5,9H,2-3,6-7H2,1H3,(H,15,18)(H,16,19)(H,22,23);/q;+1/p-1/b5-4+;/t9-,14?;/m0./s1. The smallest absolute Gasteiger partial charge is 0.544 e. The molecule has 142 valence electrons. The van der Waals surface area contributed by atoms with Gasteiger partial charge in [0.25, 0.3) is 11.6 Å². The summed E-state index contributed by atoms with van der Waals surface area (Å²) in [4.78, 5) is 62.6. The van der Waals surface area contributed by atoms with Crippen LogP contribution in [0.4, 0.5) is 0 Å². The molecule has 2 N–H and O–H groups in total. The van der Waals surface area contributed by atoms with Crippen LogP contribution in [0.25, 0.3) is 0 Å². The van der Waals surface area contributed by atoms with E-state index in [9.17, 15) is 29.1 Å². The molecule has 27 heavy (non-hydrogen) atoms. The van der Waals surface area contributed by atoms with E-state index in [0.717, 1.165) is 11.8 Å². The minimum atomic E-state index is -2.32. The van der Waals surface area contributed by atoms with Crippen LogP contribution in [0.15, 0.2) is 11.6 Å². The van der Waals surface area contributed by atoms with Gasteiger partial charge in [-0.15, -0.1) is 11.8 Å². The molecule has 13 heteroatoms. The van der Waals surface area contributed by atoms with E-state index in [1.165, 1.54) is 18.5 Å². The third kappa shape index (κ3) is 5.69.